The van der Waals surface area contributed by atoms with E-state index in [9.17, 15) is 9.90 Å². The van der Waals surface area contributed by atoms with Gasteiger partial charge in [0.2, 0.25) is 0 Å². The van der Waals surface area contributed by atoms with Gasteiger partial charge in [0.1, 0.15) is 24.7 Å². The Bertz CT molecular complexity index is 1820. The number of hydrogen-bond donors (Lipinski definition) is 2. The van der Waals surface area contributed by atoms with Crippen LogP contribution < -0.4 is 14.8 Å². The van der Waals surface area contributed by atoms with Crippen molar-refractivity contribution in [2.45, 2.75) is 90.0 Å². The van der Waals surface area contributed by atoms with Crippen LogP contribution in [0.3, 0.4) is 0 Å². The Morgan fingerprint density at radius 2 is 1.57 bits per heavy atom. The first-order valence-corrected chi connectivity index (χ1v) is 16.9. The molecule has 4 aliphatic carbocycles. The van der Waals surface area contributed by atoms with Crippen LogP contribution in [0, 0.1) is 18.9 Å². The third kappa shape index (κ3) is 6.13. The van der Waals surface area contributed by atoms with Gasteiger partial charge in [-0.05, 0) is 110 Å². The summed E-state index contributed by atoms with van der Waals surface area (Å²) in [7, 11) is 0. The third-order valence-corrected chi connectivity index (χ3v) is 11.1. The van der Waals surface area contributed by atoms with Crippen LogP contribution in [0.5, 0.6) is 11.5 Å². The molecule has 6 nitrogen and oxygen atoms in total. The molecule has 0 spiro atoms. The maximum absolute atomic E-state index is 12.0. The minimum atomic E-state index is -0.626. The van der Waals surface area contributed by atoms with Gasteiger partial charge in [0, 0.05) is 23.7 Å². The summed E-state index contributed by atoms with van der Waals surface area (Å²) in [6, 6.07) is 26.6. The monoisotopic (exact) mass is 626 g/mol. The van der Waals surface area contributed by atoms with Gasteiger partial charge in [0.25, 0.3) is 0 Å². The van der Waals surface area contributed by atoms with E-state index in [0.29, 0.717) is 25.4 Å². The van der Waals surface area contributed by atoms with E-state index in [1.165, 1.54) is 33.4 Å². The summed E-state index contributed by atoms with van der Waals surface area (Å²) in [5, 5.41) is 13.8. The first kappa shape index (κ1) is 31.0. The smallest absolute Gasteiger partial charge is 0.309 e. The summed E-state index contributed by atoms with van der Waals surface area (Å²) >= 11 is 0. The summed E-state index contributed by atoms with van der Waals surface area (Å²) < 4.78 is 13.3. The molecule has 6 heteroatoms. The summed E-state index contributed by atoms with van der Waals surface area (Å²) in [6.07, 6.45) is 7.93. The fourth-order valence-corrected chi connectivity index (χ4v) is 8.09. The lowest BCUT2D eigenvalue weighted by Crippen LogP contribution is -2.56. The maximum atomic E-state index is 12.0. The number of hydrogen-bond acceptors (Lipinski definition) is 4. The van der Waals surface area contributed by atoms with E-state index in [-0.39, 0.29) is 5.54 Å². The van der Waals surface area contributed by atoms with Gasteiger partial charge in [-0.2, -0.15) is 0 Å². The molecule has 0 heterocycles. The molecular weight excluding hydrogens is 584 g/mol. The van der Waals surface area contributed by atoms with Crippen LogP contribution in [0.4, 0.5) is 5.69 Å². The molecule has 8 rings (SSSR count). The molecule has 0 saturated heterocycles. The predicted octanol–water partition coefficient (Wildman–Crippen LogP) is 9.13. The van der Waals surface area contributed by atoms with Gasteiger partial charge in [-0.15, -0.1) is 0 Å². The first-order valence-electron chi connectivity index (χ1n) is 16.9. The van der Waals surface area contributed by atoms with Crippen molar-refractivity contribution < 1.29 is 19.4 Å². The van der Waals surface area contributed by atoms with Gasteiger partial charge in [-0.3, -0.25) is 4.79 Å². The Labute approximate surface area is 277 Å². The lowest BCUT2D eigenvalue weighted by Gasteiger charge is -2.52. The Morgan fingerprint density at radius 1 is 0.851 bits per heavy atom. The van der Waals surface area contributed by atoms with Crippen LogP contribution in [0.2, 0.25) is 0 Å². The Hall–Kier alpha value is -4.60. The molecule has 0 aromatic heterocycles. The number of rotatable bonds is 11. The van der Waals surface area contributed by atoms with E-state index in [0.717, 1.165) is 80.4 Å². The third-order valence-electron chi connectivity index (χ3n) is 11.1. The Balaban J connectivity index is 1.17. The molecule has 4 aromatic carbocycles. The number of fused-ring (bicyclic) bond motifs is 4. The first-order chi connectivity index (χ1) is 22.9. The summed E-state index contributed by atoms with van der Waals surface area (Å²) in [6.45, 7) is 11.1. The number of carboxylic acids is 1. The molecule has 3 fully saturated rings. The number of carbonyl (C=O) groups is 1. The van der Waals surface area contributed by atoms with Crippen molar-refractivity contribution in [2.24, 2.45) is 5.41 Å². The molecule has 2 bridgehead atoms. The molecule has 4 aliphatic rings. The van der Waals surface area contributed by atoms with Crippen molar-refractivity contribution in [3.8, 4) is 22.6 Å². The SMILES string of the molecule is [C-]#[N+]c1cccc(COc2cc(OCc3cccc(-c4ccccc4)c3C)c3c(c2CNC24CCC(C(=O)O)(CC2)CC4)CCC3)c1. The minimum Gasteiger partial charge on any atom is -0.488 e. The average Bonchev–Trinajstić information content (AvgIpc) is 3.61. The number of nitrogens with one attached hydrogen (secondary N) is 1. The number of aliphatic carboxylic acids is 1. The van der Waals surface area contributed by atoms with E-state index < -0.39 is 11.4 Å². The maximum Gasteiger partial charge on any atom is 0.309 e. The molecule has 0 radical (unpaired) electrons. The van der Waals surface area contributed by atoms with Gasteiger partial charge >= 0.3 is 5.97 Å². The van der Waals surface area contributed by atoms with E-state index in [1.54, 1.807) is 0 Å². The largest absolute Gasteiger partial charge is 0.488 e. The van der Waals surface area contributed by atoms with E-state index in [1.807, 2.05) is 30.3 Å². The van der Waals surface area contributed by atoms with Crippen LogP contribution in [0.15, 0.2) is 78.9 Å². The topological polar surface area (TPSA) is 72.2 Å². The van der Waals surface area contributed by atoms with E-state index in [2.05, 4.69) is 65.6 Å². The standard InChI is InChI=1S/C41H42N2O4/c1-28-31(12-7-14-33(28)30-10-4-3-5-11-30)27-47-37-24-38(46-26-29-9-6-13-32(23-29)42-2)36(34-15-8-16-35(34)37)25-43-41-20-17-40(18-21-41,19-22-41)39(44)45/h3-7,9-14,23-24,43H,8,15-22,25-27H2,1H3,(H,44,45). The van der Waals surface area contributed by atoms with Crippen LogP contribution in [0.1, 0.15) is 78.3 Å². The number of benzene rings is 4. The van der Waals surface area contributed by atoms with Crippen molar-refractivity contribution in [3.05, 3.63) is 124 Å². The second kappa shape index (κ2) is 12.9. The zero-order chi connectivity index (χ0) is 32.4. The summed E-state index contributed by atoms with van der Waals surface area (Å²) in [5.41, 5.74) is 9.57. The quantitative estimate of drug-likeness (QED) is 0.163. The predicted molar refractivity (Wildman–Crippen MR) is 184 cm³/mol. The molecule has 240 valence electrons. The van der Waals surface area contributed by atoms with Crippen molar-refractivity contribution in [1.29, 1.82) is 0 Å². The summed E-state index contributed by atoms with van der Waals surface area (Å²) in [5.74, 6) is 1.08. The summed E-state index contributed by atoms with van der Waals surface area (Å²) in [4.78, 5) is 15.6. The number of ether oxygens (including phenoxy) is 2. The molecule has 3 saturated carbocycles. The van der Waals surface area contributed by atoms with Gasteiger partial charge < -0.3 is 19.9 Å². The van der Waals surface area contributed by atoms with Crippen molar-refractivity contribution in [2.75, 3.05) is 0 Å². The zero-order valence-corrected chi connectivity index (χ0v) is 27.1. The second-order valence-corrected chi connectivity index (χ2v) is 13.7. The van der Waals surface area contributed by atoms with Gasteiger partial charge in [0.05, 0.1) is 12.0 Å². The van der Waals surface area contributed by atoms with Gasteiger partial charge in [-0.25, -0.2) is 4.85 Å². The molecule has 0 unspecified atom stereocenters. The van der Waals surface area contributed by atoms with Crippen LogP contribution in [0.25, 0.3) is 16.0 Å². The Morgan fingerprint density at radius 3 is 2.32 bits per heavy atom. The molecule has 0 amide bonds. The average molecular weight is 627 g/mol. The molecule has 2 N–H and O–H groups in total. The highest BCUT2D eigenvalue weighted by molar-refractivity contribution is 5.75. The molecule has 0 aliphatic heterocycles. The zero-order valence-electron chi connectivity index (χ0n) is 27.1. The fraction of sp³-hybridized carbons (Fsp3) is 0.366. The minimum absolute atomic E-state index is 0.0274. The molecular formula is C41H42N2O4. The molecule has 47 heavy (non-hydrogen) atoms. The lowest BCUT2D eigenvalue weighted by atomic mass is 9.57. The molecule has 4 aromatic rings. The van der Waals surface area contributed by atoms with Crippen molar-refractivity contribution in [3.63, 3.8) is 0 Å². The lowest BCUT2D eigenvalue weighted by molar-refractivity contribution is -0.156. The van der Waals surface area contributed by atoms with E-state index >= 15 is 0 Å². The highest BCUT2D eigenvalue weighted by Crippen LogP contribution is 2.53. The van der Waals surface area contributed by atoms with Gasteiger partial charge in [-0.1, -0.05) is 66.7 Å². The second-order valence-electron chi connectivity index (χ2n) is 13.7. The van der Waals surface area contributed by atoms with Crippen LogP contribution in [-0.2, 0) is 37.4 Å². The van der Waals surface area contributed by atoms with Gasteiger partial charge in [0.15, 0.2) is 5.69 Å². The van der Waals surface area contributed by atoms with Crippen molar-refractivity contribution in [1.82, 2.24) is 5.32 Å². The van der Waals surface area contributed by atoms with Crippen LogP contribution in [-0.4, -0.2) is 16.6 Å². The molecule has 0 atom stereocenters. The van der Waals surface area contributed by atoms with Crippen LogP contribution >= 0.6 is 0 Å². The normalized spacial score (nSPS) is 21.2. The van der Waals surface area contributed by atoms with E-state index in [4.69, 9.17) is 16.0 Å². The highest BCUT2D eigenvalue weighted by atomic mass is 16.5. The fourth-order valence-electron chi connectivity index (χ4n) is 8.09. The van der Waals surface area contributed by atoms with Crippen molar-refractivity contribution >= 4 is 11.7 Å². The number of carboxylic acid groups (broad SMARTS) is 1. The Kier molecular flexibility index (Phi) is 8.51. The number of nitrogens with zero attached hydrogens (tertiary/aromatic N) is 1. The highest BCUT2D eigenvalue weighted by Gasteiger charge is 2.52.